The number of sulfonamides is 1. The number of halogens is 1. The van der Waals surface area contributed by atoms with Crippen molar-refractivity contribution in [3.63, 3.8) is 0 Å². The van der Waals surface area contributed by atoms with Gasteiger partial charge in [-0.15, -0.1) is 0 Å². The molecule has 0 aliphatic heterocycles. The molecule has 23 heavy (non-hydrogen) atoms. The number of hydrogen-bond donors (Lipinski definition) is 2. The van der Waals surface area contributed by atoms with Gasteiger partial charge < -0.3 is 5.32 Å². The highest BCUT2D eigenvalue weighted by atomic mass is 35.5. The molecule has 2 rings (SSSR count). The quantitative estimate of drug-likeness (QED) is 0.854. The van der Waals surface area contributed by atoms with Crippen molar-refractivity contribution in [1.82, 2.24) is 10.0 Å². The van der Waals surface area contributed by atoms with Crippen LogP contribution in [0.5, 0.6) is 0 Å². The fraction of sp³-hybridized carbons (Fsp3) is 0.0667. The lowest BCUT2D eigenvalue weighted by molar-refractivity contribution is -0.118. The summed E-state index contributed by atoms with van der Waals surface area (Å²) in [5.74, 6) is -1.34. The van der Waals surface area contributed by atoms with Crippen LogP contribution in [0.2, 0.25) is 5.02 Å². The highest BCUT2D eigenvalue weighted by Crippen LogP contribution is 2.09. The van der Waals surface area contributed by atoms with Crippen molar-refractivity contribution in [3.8, 4) is 0 Å². The van der Waals surface area contributed by atoms with Crippen LogP contribution in [-0.4, -0.2) is 26.8 Å². The highest BCUT2D eigenvalue weighted by molar-refractivity contribution is 7.90. The lowest BCUT2D eigenvalue weighted by atomic mass is 10.2. The molecule has 0 spiro atoms. The Morgan fingerprint density at radius 3 is 2.17 bits per heavy atom. The third-order valence-corrected chi connectivity index (χ3v) is 4.46. The van der Waals surface area contributed by atoms with Gasteiger partial charge in [0.05, 0.1) is 11.4 Å². The Labute approximate surface area is 138 Å². The first-order chi connectivity index (χ1) is 10.9. The molecule has 0 bridgehead atoms. The minimum atomic E-state index is -3.95. The van der Waals surface area contributed by atoms with Gasteiger partial charge in [0.1, 0.15) is 0 Å². The van der Waals surface area contributed by atoms with Gasteiger partial charge in [-0.25, -0.2) is 13.1 Å². The zero-order chi connectivity index (χ0) is 16.9. The van der Waals surface area contributed by atoms with Gasteiger partial charge in [-0.1, -0.05) is 29.8 Å². The van der Waals surface area contributed by atoms with Gasteiger partial charge >= 0.3 is 0 Å². The maximum Gasteiger partial charge on any atom is 0.264 e. The summed E-state index contributed by atoms with van der Waals surface area (Å²) in [5, 5.41) is 2.81. The van der Waals surface area contributed by atoms with Gasteiger partial charge in [-0.3, -0.25) is 9.59 Å². The predicted octanol–water partition coefficient (Wildman–Crippen LogP) is 1.57. The summed E-state index contributed by atoms with van der Waals surface area (Å²) in [6.45, 7) is -0.465. The van der Waals surface area contributed by atoms with Crippen LogP contribution < -0.4 is 10.0 Å². The van der Waals surface area contributed by atoms with E-state index < -0.39 is 28.4 Å². The summed E-state index contributed by atoms with van der Waals surface area (Å²) in [6, 6.07) is 13.5. The average molecular weight is 353 g/mol. The van der Waals surface area contributed by atoms with Gasteiger partial charge in [0, 0.05) is 10.6 Å². The predicted molar refractivity (Wildman–Crippen MR) is 85.6 cm³/mol. The number of carbonyl (C=O) groups is 2. The Bertz CT molecular complexity index is 805. The number of carbonyl (C=O) groups excluding carboxylic acids is 2. The molecule has 0 aliphatic rings. The molecule has 0 saturated heterocycles. The Hall–Kier alpha value is -2.38. The molecular weight excluding hydrogens is 340 g/mol. The van der Waals surface area contributed by atoms with Crippen molar-refractivity contribution in [2.45, 2.75) is 4.90 Å². The van der Waals surface area contributed by atoms with Crippen LogP contribution in [0.3, 0.4) is 0 Å². The number of hydrogen-bond acceptors (Lipinski definition) is 4. The van der Waals surface area contributed by atoms with E-state index in [1.54, 1.807) is 18.2 Å². The second kappa shape index (κ2) is 7.26. The largest absolute Gasteiger partial charge is 0.343 e. The van der Waals surface area contributed by atoms with Gasteiger partial charge in [0.25, 0.3) is 21.8 Å². The molecule has 0 atom stereocenters. The normalized spacial score (nSPS) is 10.8. The van der Waals surface area contributed by atoms with Gasteiger partial charge in [-0.05, 0) is 36.4 Å². The summed E-state index contributed by atoms with van der Waals surface area (Å²) in [5.41, 5.74) is 0.313. The van der Waals surface area contributed by atoms with Gasteiger partial charge in [0.2, 0.25) is 0 Å². The summed E-state index contributed by atoms with van der Waals surface area (Å²) in [7, 11) is -3.95. The first kappa shape index (κ1) is 17.0. The molecule has 0 unspecified atom stereocenters. The lowest BCUT2D eigenvalue weighted by Gasteiger charge is -2.08. The molecule has 0 saturated carbocycles. The molecule has 2 aromatic rings. The Morgan fingerprint density at radius 2 is 1.57 bits per heavy atom. The molecule has 0 heterocycles. The number of benzene rings is 2. The minimum absolute atomic E-state index is 0.0302. The summed E-state index contributed by atoms with van der Waals surface area (Å²) >= 11 is 5.71. The Balaban J connectivity index is 1.92. The molecule has 2 amide bonds. The molecule has 8 heteroatoms. The van der Waals surface area contributed by atoms with E-state index >= 15 is 0 Å². The van der Waals surface area contributed by atoms with E-state index in [9.17, 15) is 18.0 Å². The van der Waals surface area contributed by atoms with E-state index in [0.717, 1.165) is 0 Å². The molecule has 2 N–H and O–H groups in total. The van der Waals surface area contributed by atoms with Gasteiger partial charge in [0.15, 0.2) is 0 Å². The maximum atomic E-state index is 11.9. The molecule has 0 aromatic heterocycles. The lowest BCUT2D eigenvalue weighted by Crippen LogP contribution is -2.39. The molecule has 120 valence electrons. The van der Waals surface area contributed by atoms with Crippen molar-refractivity contribution >= 4 is 33.4 Å². The van der Waals surface area contributed by atoms with E-state index in [0.29, 0.717) is 10.6 Å². The number of nitrogens with one attached hydrogen (secondary N) is 2. The maximum absolute atomic E-state index is 11.9. The van der Waals surface area contributed by atoms with Crippen molar-refractivity contribution < 1.29 is 18.0 Å². The molecule has 0 aliphatic carbocycles. The van der Waals surface area contributed by atoms with E-state index in [1.807, 2.05) is 4.72 Å². The molecule has 0 radical (unpaired) electrons. The van der Waals surface area contributed by atoms with Crippen molar-refractivity contribution in [3.05, 3.63) is 65.2 Å². The highest BCUT2D eigenvalue weighted by Gasteiger charge is 2.17. The van der Waals surface area contributed by atoms with Crippen LogP contribution in [0.4, 0.5) is 0 Å². The second-order valence-electron chi connectivity index (χ2n) is 4.53. The van der Waals surface area contributed by atoms with Crippen LogP contribution in [0.25, 0.3) is 0 Å². The van der Waals surface area contributed by atoms with Crippen LogP contribution in [0, 0.1) is 0 Å². The summed E-state index contributed by atoms with van der Waals surface area (Å²) in [4.78, 5) is 23.5. The molecule has 6 nitrogen and oxygen atoms in total. The second-order valence-corrected chi connectivity index (χ2v) is 6.65. The van der Waals surface area contributed by atoms with Crippen LogP contribution in [-0.2, 0) is 14.8 Å². The van der Waals surface area contributed by atoms with E-state index in [-0.39, 0.29) is 4.90 Å². The topological polar surface area (TPSA) is 92.3 Å². The molecular formula is C15H13ClN2O4S. The van der Waals surface area contributed by atoms with Crippen LogP contribution in [0.15, 0.2) is 59.5 Å². The van der Waals surface area contributed by atoms with Gasteiger partial charge in [-0.2, -0.15) is 0 Å². The Morgan fingerprint density at radius 1 is 0.957 bits per heavy atom. The zero-order valence-corrected chi connectivity index (χ0v) is 13.4. The molecule has 0 fully saturated rings. The van der Waals surface area contributed by atoms with Crippen LogP contribution in [0.1, 0.15) is 10.4 Å². The van der Waals surface area contributed by atoms with Crippen molar-refractivity contribution in [2.75, 3.05) is 6.54 Å². The van der Waals surface area contributed by atoms with Crippen LogP contribution >= 0.6 is 11.6 Å². The first-order valence-electron chi connectivity index (χ1n) is 6.53. The average Bonchev–Trinajstić information content (AvgIpc) is 2.54. The molecule has 2 aromatic carbocycles. The fourth-order valence-electron chi connectivity index (χ4n) is 1.71. The third-order valence-electron chi connectivity index (χ3n) is 2.82. The van der Waals surface area contributed by atoms with Crippen molar-refractivity contribution in [1.29, 1.82) is 0 Å². The Kier molecular flexibility index (Phi) is 5.36. The SMILES string of the molecule is O=C(CNC(=O)c1ccc(Cl)cc1)NS(=O)(=O)c1ccccc1. The summed E-state index contributed by atoms with van der Waals surface area (Å²) in [6.07, 6.45) is 0. The van der Waals surface area contributed by atoms with E-state index in [2.05, 4.69) is 5.32 Å². The zero-order valence-electron chi connectivity index (χ0n) is 11.8. The van der Waals surface area contributed by atoms with Crippen molar-refractivity contribution in [2.24, 2.45) is 0 Å². The monoisotopic (exact) mass is 352 g/mol. The van der Waals surface area contributed by atoms with E-state index in [4.69, 9.17) is 11.6 Å². The number of rotatable bonds is 5. The van der Waals surface area contributed by atoms with E-state index in [1.165, 1.54) is 36.4 Å². The third kappa shape index (κ3) is 4.80. The smallest absolute Gasteiger partial charge is 0.264 e. The first-order valence-corrected chi connectivity index (χ1v) is 8.39. The standard InChI is InChI=1S/C15H13ClN2O4S/c16-12-8-6-11(7-9-12)15(20)17-10-14(19)18-23(21,22)13-4-2-1-3-5-13/h1-9H,10H2,(H,17,20)(H,18,19). The minimum Gasteiger partial charge on any atom is -0.343 e. The number of amides is 2. The summed E-state index contributed by atoms with van der Waals surface area (Å²) < 4.78 is 25.8. The fourth-order valence-corrected chi connectivity index (χ4v) is 2.84.